The molecule has 0 saturated heterocycles. The molecule has 2 amide bonds. The highest BCUT2D eigenvalue weighted by molar-refractivity contribution is 6.35. The third-order valence-electron chi connectivity index (χ3n) is 2.77. The molecule has 1 aromatic carbocycles. The Balaban J connectivity index is 2.16. The summed E-state index contributed by atoms with van der Waals surface area (Å²) >= 11 is 11.9. The predicted molar refractivity (Wildman–Crippen MR) is 82.5 cm³/mol. The van der Waals surface area contributed by atoms with E-state index >= 15 is 0 Å². The van der Waals surface area contributed by atoms with Crippen molar-refractivity contribution in [2.24, 2.45) is 0 Å². The molecule has 0 bridgehead atoms. The van der Waals surface area contributed by atoms with Crippen molar-refractivity contribution in [3.05, 3.63) is 33.8 Å². The lowest BCUT2D eigenvalue weighted by Crippen LogP contribution is -2.37. The van der Waals surface area contributed by atoms with Gasteiger partial charge in [0, 0.05) is 23.1 Å². The lowest BCUT2D eigenvalue weighted by atomic mass is 10.1. The zero-order valence-electron chi connectivity index (χ0n) is 11.5. The minimum absolute atomic E-state index is 0.215. The van der Waals surface area contributed by atoms with Crippen molar-refractivity contribution in [3.8, 4) is 0 Å². The Hall–Kier alpha value is -0.970. The second-order valence-corrected chi connectivity index (χ2v) is 5.50. The Kier molecular flexibility index (Phi) is 7.73. The van der Waals surface area contributed by atoms with Crippen LogP contribution in [0.15, 0.2) is 18.2 Å². The number of aryl methyl sites for hydroxylation is 1. The molecular formula is C14H20Cl2N2O2. The molecule has 1 aromatic rings. The number of halogens is 2. The number of aliphatic hydroxyl groups is 1. The highest BCUT2D eigenvalue weighted by atomic mass is 35.5. The van der Waals surface area contributed by atoms with Gasteiger partial charge in [0.2, 0.25) is 0 Å². The molecule has 0 saturated carbocycles. The summed E-state index contributed by atoms with van der Waals surface area (Å²) in [5, 5.41) is 15.8. The van der Waals surface area contributed by atoms with Gasteiger partial charge in [-0.15, -0.1) is 0 Å². The lowest BCUT2D eigenvalue weighted by molar-refractivity contribution is 0.183. The van der Waals surface area contributed by atoms with Crippen LogP contribution in [0, 0.1) is 0 Å². The number of carbonyl (C=O) groups excluding carboxylic acids is 1. The van der Waals surface area contributed by atoms with Crippen LogP contribution in [0.25, 0.3) is 0 Å². The largest absolute Gasteiger partial charge is 0.393 e. The van der Waals surface area contributed by atoms with Gasteiger partial charge in [-0.2, -0.15) is 0 Å². The van der Waals surface area contributed by atoms with Gasteiger partial charge < -0.3 is 15.7 Å². The summed E-state index contributed by atoms with van der Waals surface area (Å²) in [6.45, 7) is 2.72. The molecule has 0 heterocycles. The average Bonchev–Trinajstić information content (AvgIpc) is 2.36. The first kappa shape index (κ1) is 17.1. The molecule has 3 N–H and O–H groups in total. The fraction of sp³-hybridized carbons (Fsp3) is 0.500. The van der Waals surface area contributed by atoms with E-state index in [0.29, 0.717) is 29.6 Å². The van der Waals surface area contributed by atoms with Gasteiger partial charge in [0.25, 0.3) is 0 Å². The highest BCUT2D eigenvalue weighted by Gasteiger charge is 2.03. The van der Waals surface area contributed by atoms with Gasteiger partial charge in [0.05, 0.1) is 6.10 Å². The van der Waals surface area contributed by atoms with Crippen molar-refractivity contribution in [2.45, 2.75) is 32.3 Å². The van der Waals surface area contributed by atoms with E-state index in [-0.39, 0.29) is 6.03 Å². The number of hydrogen-bond acceptors (Lipinski definition) is 2. The Morgan fingerprint density at radius 2 is 2.00 bits per heavy atom. The lowest BCUT2D eigenvalue weighted by Gasteiger charge is -2.09. The summed E-state index contributed by atoms with van der Waals surface area (Å²) in [4.78, 5) is 11.4. The van der Waals surface area contributed by atoms with Crippen LogP contribution < -0.4 is 10.6 Å². The maximum atomic E-state index is 11.4. The van der Waals surface area contributed by atoms with Crippen LogP contribution in [0.4, 0.5) is 4.79 Å². The SMILES string of the molecule is CC(O)CCNC(=O)NCCCc1ccc(Cl)cc1Cl. The van der Waals surface area contributed by atoms with Gasteiger partial charge >= 0.3 is 6.03 Å². The highest BCUT2D eigenvalue weighted by Crippen LogP contribution is 2.21. The number of amides is 2. The van der Waals surface area contributed by atoms with Gasteiger partial charge in [-0.1, -0.05) is 29.3 Å². The second-order valence-electron chi connectivity index (χ2n) is 4.66. The number of aliphatic hydroxyl groups excluding tert-OH is 1. The van der Waals surface area contributed by atoms with Gasteiger partial charge in [-0.25, -0.2) is 4.79 Å². The van der Waals surface area contributed by atoms with Crippen LogP contribution in [-0.4, -0.2) is 30.3 Å². The van der Waals surface area contributed by atoms with Crippen molar-refractivity contribution in [1.82, 2.24) is 10.6 Å². The molecule has 0 aliphatic carbocycles. The Morgan fingerprint density at radius 1 is 1.30 bits per heavy atom. The Bertz CT molecular complexity index is 439. The molecule has 4 nitrogen and oxygen atoms in total. The molecule has 1 rings (SSSR count). The molecule has 0 radical (unpaired) electrons. The molecule has 1 atom stereocenters. The third-order valence-corrected chi connectivity index (χ3v) is 3.36. The molecule has 0 aliphatic heterocycles. The van der Waals surface area contributed by atoms with Gasteiger partial charge in [0.15, 0.2) is 0 Å². The van der Waals surface area contributed by atoms with E-state index in [1.807, 2.05) is 6.07 Å². The van der Waals surface area contributed by atoms with E-state index in [4.69, 9.17) is 28.3 Å². The minimum atomic E-state index is -0.401. The normalized spacial score (nSPS) is 12.0. The zero-order valence-corrected chi connectivity index (χ0v) is 13.0. The summed E-state index contributed by atoms with van der Waals surface area (Å²) in [5.41, 5.74) is 1.02. The van der Waals surface area contributed by atoms with E-state index in [0.717, 1.165) is 18.4 Å². The second kappa shape index (κ2) is 9.06. The van der Waals surface area contributed by atoms with Gasteiger partial charge in [-0.3, -0.25) is 0 Å². The van der Waals surface area contributed by atoms with Gasteiger partial charge in [-0.05, 0) is 43.9 Å². The molecule has 0 spiro atoms. The summed E-state index contributed by atoms with van der Waals surface area (Å²) in [7, 11) is 0. The first-order valence-corrected chi connectivity index (χ1v) is 7.38. The maximum absolute atomic E-state index is 11.4. The van der Waals surface area contributed by atoms with Crippen molar-refractivity contribution in [2.75, 3.05) is 13.1 Å². The maximum Gasteiger partial charge on any atom is 0.314 e. The number of carbonyl (C=O) groups is 1. The van der Waals surface area contributed by atoms with E-state index in [1.165, 1.54) is 0 Å². The predicted octanol–water partition coefficient (Wildman–Crippen LogP) is 3.00. The Morgan fingerprint density at radius 3 is 2.65 bits per heavy atom. The van der Waals surface area contributed by atoms with Crippen molar-refractivity contribution in [3.63, 3.8) is 0 Å². The summed E-state index contributed by atoms with van der Waals surface area (Å²) in [6.07, 6.45) is 1.73. The van der Waals surface area contributed by atoms with Crippen LogP contribution >= 0.6 is 23.2 Å². The number of rotatable bonds is 7. The standard InChI is InChI=1S/C14H20Cl2N2O2/c1-10(19)6-8-18-14(20)17-7-2-3-11-4-5-12(15)9-13(11)16/h4-5,9-10,19H,2-3,6-8H2,1H3,(H2,17,18,20). The van der Waals surface area contributed by atoms with E-state index < -0.39 is 6.10 Å². The van der Waals surface area contributed by atoms with Crippen molar-refractivity contribution in [1.29, 1.82) is 0 Å². The van der Waals surface area contributed by atoms with Crippen LogP contribution in [0.1, 0.15) is 25.3 Å². The number of benzene rings is 1. The summed E-state index contributed by atoms with van der Waals surface area (Å²) in [5.74, 6) is 0. The third kappa shape index (κ3) is 6.98. The molecule has 20 heavy (non-hydrogen) atoms. The van der Waals surface area contributed by atoms with Crippen LogP contribution in [0.2, 0.25) is 10.0 Å². The minimum Gasteiger partial charge on any atom is -0.393 e. The number of nitrogens with one attached hydrogen (secondary N) is 2. The van der Waals surface area contributed by atoms with Crippen molar-refractivity contribution < 1.29 is 9.90 Å². The molecule has 1 unspecified atom stereocenters. The fourth-order valence-electron chi connectivity index (χ4n) is 1.66. The number of urea groups is 1. The van der Waals surface area contributed by atoms with Crippen molar-refractivity contribution >= 4 is 29.2 Å². The van der Waals surface area contributed by atoms with Crippen LogP contribution in [0.5, 0.6) is 0 Å². The average molecular weight is 319 g/mol. The van der Waals surface area contributed by atoms with Crippen LogP contribution in [-0.2, 0) is 6.42 Å². The zero-order chi connectivity index (χ0) is 15.0. The smallest absolute Gasteiger partial charge is 0.314 e. The monoisotopic (exact) mass is 318 g/mol. The molecule has 0 fully saturated rings. The van der Waals surface area contributed by atoms with E-state index in [9.17, 15) is 4.79 Å². The van der Waals surface area contributed by atoms with Crippen LogP contribution in [0.3, 0.4) is 0 Å². The Labute approximate surface area is 129 Å². The molecule has 0 aliphatic rings. The molecule has 6 heteroatoms. The topological polar surface area (TPSA) is 61.4 Å². The fourth-order valence-corrected chi connectivity index (χ4v) is 2.17. The number of hydrogen-bond donors (Lipinski definition) is 3. The molecule has 0 aromatic heterocycles. The molecular weight excluding hydrogens is 299 g/mol. The summed E-state index contributed by atoms with van der Waals surface area (Å²) in [6, 6.07) is 5.20. The van der Waals surface area contributed by atoms with Gasteiger partial charge in [0.1, 0.15) is 0 Å². The summed E-state index contributed by atoms with van der Waals surface area (Å²) < 4.78 is 0. The first-order chi connectivity index (χ1) is 9.49. The first-order valence-electron chi connectivity index (χ1n) is 6.62. The molecule has 112 valence electrons. The quantitative estimate of drug-likeness (QED) is 0.677. The van der Waals surface area contributed by atoms with E-state index in [2.05, 4.69) is 10.6 Å². The van der Waals surface area contributed by atoms with E-state index in [1.54, 1.807) is 19.1 Å².